The molecular weight excluding hydrogens is 384 g/mol. The minimum Gasteiger partial charge on any atom is -0.481 e. The summed E-state index contributed by atoms with van der Waals surface area (Å²) in [5.74, 6) is -1.83. The molecule has 1 aromatic heterocycles. The molecule has 1 heterocycles. The van der Waals surface area contributed by atoms with Crippen LogP contribution in [0.5, 0.6) is 0 Å². The maximum absolute atomic E-state index is 12.8. The van der Waals surface area contributed by atoms with Gasteiger partial charge in [0, 0.05) is 10.9 Å². The lowest BCUT2D eigenvalue weighted by atomic mass is 9.76. The van der Waals surface area contributed by atoms with Gasteiger partial charge in [0.1, 0.15) is 0 Å². The highest BCUT2D eigenvalue weighted by atomic mass is 32.1. The molecule has 3 rings (SSSR count). The summed E-state index contributed by atoms with van der Waals surface area (Å²) in [4.78, 5) is 29.0. The molecule has 1 aliphatic rings. The van der Waals surface area contributed by atoms with Gasteiger partial charge in [-0.2, -0.15) is 0 Å². The van der Waals surface area contributed by atoms with Gasteiger partial charge in [-0.1, -0.05) is 49.3 Å². The molecule has 29 heavy (non-hydrogen) atoms. The first-order chi connectivity index (χ1) is 13.7. The molecule has 0 unspecified atom stereocenters. The standard InChI is InChI=1S/C23H28N2O3S/c1-13(2)9-16-5-7-17(8-6-16)20-12-29-23(24-20)25-21(26)18-10-14(3)15(4)11-19(18)22(27)28/h5-8,12-13,18-19H,9-11H2,1-4H3,(H,27,28)(H,24,25,26)/t18-,19-/m1/s1. The predicted molar refractivity (Wildman–Crippen MR) is 117 cm³/mol. The van der Waals surface area contributed by atoms with Gasteiger partial charge < -0.3 is 10.4 Å². The van der Waals surface area contributed by atoms with Crippen molar-refractivity contribution >= 4 is 28.3 Å². The zero-order valence-electron chi connectivity index (χ0n) is 17.4. The lowest BCUT2D eigenvalue weighted by Crippen LogP contribution is -2.36. The van der Waals surface area contributed by atoms with Crippen molar-refractivity contribution in [2.75, 3.05) is 5.32 Å². The molecule has 2 atom stereocenters. The minimum atomic E-state index is -0.918. The Labute approximate surface area is 175 Å². The van der Waals surface area contributed by atoms with Crippen LogP contribution < -0.4 is 5.32 Å². The summed E-state index contributed by atoms with van der Waals surface area (Å²) in [6.45, 7) is 8.31. The third-order valence-electron chi connectivity index (χ3n) is 5.55. The number of allylic oxidation sites excluding steroid dienone is 2. The Hall–Kier alpha value is -2.47. The van der Waals surface area contributed by atoms with Gasteiger partial charge in [0.15, 0.2) is 5.13 Å². The van der Waals surface area contributed by atoms with Crippen molar-refractivity contribution in [1.29, 1.82) is 0 Å². The second-order valence-electron chi connectivity index (χ2n) is 8.34. The first-order valence-electron chi connectivity index (χ1n) is 9.98. The smallest absolute Gasteiger partial charge is 0.307 e. The molecule has 0 saturated heterocycles. The summed E-state index contributed by atoms with van der Waals surface area (Å²) in [5.41, 5.74) is 5.28. The number of carboxylic acid groups (broad SMARTS) is 1. The molecule has 2 N–H and O–H groups in total. The first-order valence-corrected chi connectivity index (χ1v) is 10.9. The number of carbonyl (C=O) groups excluding carboxylic acids is 1. The molecule has 0 spiro atoms. The Morgan fingerprint density at radius 1 is 1.14 bits per heavy atom. The highest BCUT2D eigenvalue weighted by Crippen LogP contribution is 2.35. The number of nitrogens with one attached hydrogen (secondary N) is 1. The average Bonchev–Trinajstić information content (AvgIpc) is 3.12. The number of carboxylic acids is 1. The maximum Gasteiger partial charge on any atom is 0.307 e. The molecule has 0 radical (unpaired) electrons. The molecule has 0 saturated carbocycles. The number of nitrogens with zero attached hydrogens (tertiary/aromatic N) is 1. The van der Waals surface area contributed by atoms with Crippen molar-refractivity contribution < 1.29 is 14.7 Å². The lowest BCUT2D eigenvalue weighted by Gasteiger charge is -2.29. The van der Waals surface area contributed by atoms with Crippen LogP contribution in [0.15, 0.2) is 40.8 Å². The number of rotatable bonds is 6. The van der Waals surface area contributed by atoms with Crippen molar-refractivity contribution in [3.63, 3.8) is 0 Å². The number of hydrogen-bond acceptors (Lipinski definition) is 4. The van der Waals surface area contributed by atoms with Crippen LogP contribution in [-0.2, 0) is 16.0 Å². The summed E-state index contributed by atoms with van der Waals surface area (Å²) in [5, 5.41) is 14.8. The summed E-state index contributed by atoms with van der Waals surface area (Å²) in [6, 6.07) is 8.33. The molecule has 2 aromatic rings. The Bertz CT molecular complexity index is 928. The van der Waals surface area contributed by atoms with Crippen LogP contribution in [0.1, 0.15) is 46.1 Å². The number of aromatic nitrogens is 1. The minimum absolute atomic E-state index is 0.266. The van der Waals surface area contributed by atoms with E-state index in [4.69, 9.17) is 0 Å². The number of anilines is 1. The lowest BCUT2D eigenvalue weighted by molar-refractivity contribution is -0.146. The zero-order chi connectivity index (χ0) is 21.1. The molecule has 0 fully saturated rings. The Kier molecular flexibility index (Phi) is 6.52. The second kappa shape index (κ2) is 8.91. The quantitative estimate of drug-likeness (QED) is 0.623. The maximum atomic E-state index is 12.8. The van der Waals surface area contributed by atoms with Crippen molar-refractivity contribution in [2.45, 2.75) is 47.0 Å². The van der Waals surface area contributed by atoms with E-state index in [1.54, 1.807) is 0 Å². The predicted octanol–water partition coefficient (Wildman–Crippen LogP) is 5.39. The molecule has 154 valence electrons. The monoisotopic (exact) mass is 412 g/mol. The molecule has 1 aliphatic carbocycles. The van der Waals surface area contributed by atoms with E-state index in [0.717, 1.165) is 28.8 Å². The average molecular weight is 413 g/mol. The van der Waals surface area contributed by atoms with Gasteiger partial charge in [0.05, 0.1) is 17.5 Å². The number of thiazole rings is 1. The molecule has 5 nitrogen and oxygen atoms in total. The number of amides is 1. The van der Waals surface area contributed by atoms with Crippen LogP contribution >= 0.6 is 11.3 Å². The van der Waals surface area contributed by atoms with Crippen molar-refractivity contribution in [2.24, 2.45) is 17.8 Å². The van der Waals surface area contributed by atoms with E-state index in [1.165, 1.54) is 16.9 Å². The summed E-state index contributed by atoms with van der Waals surface area (Å²) in [7, 11) is 0. The van der Waals surface area contributed by atoms with Crippen molar-refractivity contribution in [3.05, 3.63) is 46.4 Å². The Balaban J connectivity index is 1.71. The van der Waals surface area contributed by atoms with E-state index < -0.39 is 17.8 Å². The molecular formula is C23H28N2O3S. The first kappa shape index (κ1) is 21.2. The highest BCUT2D eigenvalue weighted by Gasteiger charge is 2.37. The number of carbonyl (C=O) groups is 2. The normalized spacial score (nSPS) is 19.5. The van der Waals surface area contributed by atoms with E-state index in [-0.39, 0.29) is 5.91 Å². The highest BCUT2D eigenvalue weighted by molar-refractivity contribution is 7.14. The Morgan fingerprint density at radius 3 is 2.34 bits per heavy atom. The van der Waals surface area contributed by atoms with Crippen LogP contribution in [0.2, 0.25) is 0 Å². The van der Waals surface area contributed by atoms with Crippen LogP contribution in [-0.4, -0.2) is 22.0 Å². The third kappa shape index (κ3) is 5.12. The van der Waals surface area contributed by atoms with Crippen molar-refractivity contribution in [3.8, 4) is 11.3 Å². The molecule has 1 amide bonds. The number of aliphatic carboxylic acids is 1. The van der Waals surface area contributed by atoms with Gasteiger partial charge in [0.2, 0.25) is 5.91 Å². The van der Waals surface area contributed by atoms with Gasteiger partial charge in [-0.05, 0) is 44.6 Å². The largest absolute Gasteiger partial charge is 0.481 e. The zero-order valence-corrected chi connectivity index (χ0v) is 18.2. The fraction of sp³-hybridized carbons (Fsp3) is 0.435. The SMILES string of the molecule is CC1=C(C)C[C@@H](C(=O)Nc2nc(-c3ccc(CC(C)C)cc3)cs2)[C@H](C(=O)O)C1. The van der Waals surface area contributed by atoms with E-state index in [1.807, 2.05) is 19.2 Å². The van der Waals surface area contributed by atoms with E-state index in [9.17, 15) is 14.7 Å². The fourth-order valence-corrected chi connectivity index (χ4v) is 4.49. The van der Waals surface area contributed by atoms with E-state index in [2.05, 4.69) is 48.4 Å². The van der Waals surface area contributed by atoms with Gasteiger partial charge in [-0.25, -0.2) is 4.98 Å². The van der Waals surface area contributed by atoms with Gasteiger partial charge in [-0.15, -0.1) is 11.3 Å². The molecule has 0 aliphatic heterocycles. The van der Waals surface area contributed by atoms with Gasteiger partial charge in [0.25, 0.3) is 0 Å². The third-order valence-corrected chi connectivity index (χ3v) is 6.31. The molecule has 0 bridgehead atoms. The number of benzene rings is 1. The van der Waals surface area contributed by atoms with Gasteiger partial charge >= 0.3 is 5.97 Å². The topological polar surface area (TPSA) is 79.3 Å². The summed E-state index contributed by atoms with van der Waals surface area (Å²) < 4.78 is 0. The summed E-state index contributed by atoms with van der Waals surface area (Å²) >= 11 is 1.36. The van der Waals surface area contributed by atoms with Crippen LogP contribution in [0, 0.1) is 17.8 Å². The van der Waals surface area contributed by atoms with E-state index in [0.29, 0.717) is 23.9 Å². The van der Waals surface area contributed by atoms with Gasteiger partial charge in [-0.3, -0.25) is 9.59 Å². The van der Waals surface area contributed by atoms with Crippen molar-refractivity contribution in [1.82, 2.24) is 4.98 Å². The fourth-order valence-electron chi connectivity index (χ4n) is 3.77. The van der Waals surface area contributed by atoms with Crippen LogP contribution in [0.4, 0.5) is 5.13 Å². The molecule has 6 heteroatoms. The Morgan fingerprint density at radius 2 is 1.76 bits per heavy atom. The summed E-state index contributed by atoms with van der Waals surface area (Å²) in [6.07, 6.45) is 1.94. The second-order valence-corrected chi connectivity index (χ2v) is 9.20. The van der Waals surface area contributed by atoms with E-state index >= 15 is 0 Å². The van der Waals surface area contributed by atoms with Crippen LogP contribution in [0.25, 0.3) is 11.3 Å². The number of hydrogen-bond donors (Lipinski definition) is 2. The molecule has 1 aromatic carbocycles. The van der Waals surface area contributed by atoms with Crippen LogP contribution in [0.3, 0.4) is 0 Å².